The van der Waals surface area contributed by atoms with E-state index in [4.69, 9.17) is 14.2 Å². The first kappa shape index (κ1) is 21.8. The molecule has 1 heterocycles. The molecule has 0 N–H and O–H groups in total. The van der Waals surface area contributed by atoms with Crippen molar-refractivity contribution < 1.29 is 28.6 Å². The van der Waals surface area contributed by atoms with Gasteiger partial charge in [0, 0.05) is 12.5 Å². The topological polar surface area (TPSA) is 96.7 Å². The summed E-state index contributed by atoms with van der Waals surface area (Å²) in [6, 6.07) is 12.4. The molecule has 160 valence electrons. The lowest BCUT2D eigenvalue weighted by Crippen LogP contribution is -2.15. The lowest BCUT2D eigenvalue weighted by atomic mass is 10.00. The van der Waals surface area contributed by atoms with Gasteiger partial charge in [0.15, 0.2) is 5.69 Å². The van der Waals surface area contributed by atoms with Crippen molar-refractivity contribution in [1.29, 1.82) is 0 Å². The smallest absolute Gasteiger partial charge is 0.357 e. The van der Waals surface area contributed by atoms with Gasteiger partial charge in [-0.05, 0) is 49.2 Å². The van der Waals surface area contributed by atoms with Crippen molar-refractivity contribution in [3.63, 3.8) is 0 Å². The van der Waals surface area contributed by atoms with Crippen LogP contribution in [0.25, 0.3) is 16.9 Å². The van der Waals surface area contributed by atoms with Crippen LogP contribution < -0.4 is 4.74 Å². The largest absolute Gasteiger partial charge is 0.465 e. The third kappa shape index (κ3) is 4.18. The highest BCUT2D eigenvalue weighted by atomic mass is 16.5. The molecule has 0 bridgehead atoms. The van der Waals surface area contributed by atoms with Crippen LogP contribution in [0.1, 0.15) is 38.9 Å². The average Bonchev–Trinajstić information content (AvgIpc) is 3.16. The van der Waals surface area contributed by atoms with Gasteiger partial charge in [-0.1, -0.05) is 18.2 Å². The summed E-state index contributed by atoms with van der Waals surface area (Å²) in [4.78, 5) is 36.8. The van der Waals surface area contributed by atoms with E-state index in [1.165, 1.54) is 25.8 Å². The van der Waals surface area contributed by atoms with Crippen LogP contribution in [0.4, 0.5) is 0 Å². The van der Waals surface area contributed by atoms with Gasteiger partial charge < -0.3 is 14.2 Å². The Morgan fingerprint density at radius 3 is 2.00 bits per heavy atom. The molecule has 0 saturated carbocycles. The molecule has 0 atom stereocenters. The Labute approximate surface area is 179 Å². The van der Waals surface area contributed by atoms with Crippen LogP contribution >= 0.6 is 0 Å². The number of carbonyl (C=O) groups is 3. The van der Waals surface area contributed by atoms with Crippen LogP contribution in [0.5, 0.6) is 5.75 Å². The Hall–Kier alpha value is -3.94. The average molecular weight is 422 g/mol. The number of ether oxygens (including phenoxy) is 3. The molecule has 0 fully saturated rings. The molecule has 1 aromatic heterocycles. The van der Waals surface area contributed by atoms with Gasteiger partial charge in [0.1, 0.15) is 17.0 Å². The minimum Gasteiger partial charge on any atom is -0.465 e. The Balaban J connectivity index is 2.33. The summed E-state index contributed by atoms with van der Waals surface area (Å²) in [5.41, 5.74) is 2.67. The van der Waals surface area contributed by atoms with E-state index in [2.05, 4.69) is 5.10 Å². The lowest BCUT2D eigenvalue weighted by Gasteiger charge is -2.11. The van der Waals surface area contributed by atoms with Crippen molar-refractivity contribution in [1.82, 2.24) is 9.78 Å². The molecule has 0 radical (unpaired) electrons. The molecular weight excluding hydrogens is 400 g/mol. The van der Waals surface area contributed by atoms with Crippen molar-refractivity contribution in [3.05, 3.63) is 64.8 Å². The highest BCUT2D eigenvalue weighted by Gasteiger charge is 2.31. The van der Waals surface area contributed by atoms with E-state index in [0.29, 0.717) is 28.1 Å². The van der Waals surface area contributed by atoms with Crippen molar-refractivity contribution in [2.75, 3.05) is 14.2 Å². The Kier molecular flexibility index (Phi) is 6.20. The third-order valence-corrected chi connectivity index (χ3v) is 4.63. The van der Waals surface area contributed by atoms with Crippen LogP contribution in [0.2, 0.25) is 0 Å². The van der Waals surface area contributed by atoms with Crippen LogP contribution in [0.15, 0.2) is 42.5 Å². The summed E-state index contributed by atoms with van der Waals surface area (Å²) in [5.74, 6) is -1.45. The molecule has 0 saturated heterocycles. The van der Waals surface area contributed by atoms with Gasteiger partial charge in [0.25, 0.3) is 0 Å². The SMILES string of the molecule is COC(=O)c1c(-c2cc(C)c(OC(C)=O)c(C)c2)nn(-c2ccccc2)c1C(=O)OC. The van der Waals surface area contributed by atoms with E-state index in [-0.39, 0.29) is 17.0 Å². The highest BCUT2D eigenvalue weighted by molar-refractivity contribution is 6.07. The van der Waals surface area contributed by atoms with Gasteiger partial charge >= 0.3 is 17.9 Å². The number of esters is 3. The van der Waals surface area contributed by atoms with Crippen LogP contribution in [-0.4, -0.2) is 41.9 Å². The predicted octanol–water partition coefficient (Wildman–Crippen LogP) is 3.65. The third-order valence-electron chi connectivity index (χ3n) is 4.63. The first-order valence-corrected chi connectivity index (χ1v) is 9.43. The second-order valence-electron chi connectivity index (χ2n) is 6.84. The maximum atomic E-state index is 12.7. The van der Waals surface area contributed by atoms with Gasteiger partial charge in [-0.15, -0.1) is 0 Å². The number of carbonyl (C=O) groups excluding carboxylic acids is 3. The first-order valence-electron chi connectivity index (χ1n) is 9.43. The molecular formula is C23H22N2O6. The Morgan fingerprint density at radius 1 is 0.903 bits per heavy atom. The maximum Gasteiger partial charge on any atom is 0.357 e. The van der Waals surface area contributed by atoms with Crippen LogP contribution in [0.3, 0.4) is 0 Å². The van der Waals surface area contributed by atoms with E-state index < -0.39 is 17.9 Å². The molecule has 3 aromatic rings. The molecule has 0 spiro atoms. The standard InChI is InChI=1S/C23H22N2O6/c1-13-11-16(12-14(2)21(13)31-15(3)26)19-18(22(27)29-4)20(23(28)30-5)25(24-19)17-9-7-6-8-10-17/h6-12H,1-5H3. The van der Waals surface area contributed by atoms with Crippen molar-refractivity contribution in [3.8, 4) is 22.7 Å². The summed E-state index contributed by atoms with van der Waals surface area (Å²) in [5, 5.41) is 4.57. The lowest BCUT2D eigenvalue weighted by molar-refractivity contribution is -0.131. The molecule has 0 aliphatic heterocycles. The van der Waals surface area contributed by atoms with Crippen molar-refractivity contribution >= 4 is 17.9 Å². The van der Waals surface area contributed by atoms with Crippen molar-refractivity contribution in [2.45, 2.75) is 20.8 Å². The van der Waals surface area contributed by atoms with E-state index in [1.807, 2.05) is 6.07 Å². The van der Waals surface area contributed by atoms with Gasteiger partial charge in [-0.2, -0.15) is 5.10 Å². The molecule has 31 heavy (non-hydrogen) atoms. The fourth-order valence-corrected chi connectivity index (χ4v) is 3.35. The zero-order valence-electron chi connectivity index (χ0n) is 17.9. The van der Waals surface area contributed by atoms with Gasteiger partial charge in [0.05, 0.1) is 19.9 Å². The van der Waals surface area contributed by atoms with Gasteiger partial charge in [-0.25, -0.2) is 14.3 Å². The van der Waals surface area contributed by atoms with Crippen molar-refractivity contribution in [2.24, 2.45) is 0 Å². The number of methoxy groups -OCH3 is 2. The molecule has 0 amide bonds. The summed E-state index contributed by atoms with van der Waals surface area (Å²) >= 11 is 0. The highest BCUT2D eigenvalue weighted by Crippen LogP contribution is 2.34. The zero-order valence-corrected chi connectivity index (χ0v) is 17.9. The Morgan fingerprint density at radius 2 is 1.48 bits per heavy atom. The normalized spacial score (nSPS) is 10.5. The number of rotatable bonds is 5. The predicted molar refractivity (Wildman–Crippen MR) is 112 cm³/mol. The van der Waals surface area contributed by atoms with Crippen LogP contribution in [-0.2, 0) is 14.3 Å². The number of benzene rings is 2. The summed E-state index contributed by atoms with van der Waals surface area (Å²) in [7, 11) is 2.46. The second-order valence-corrected chi connectivity index (χ2v) is 6.84. The minimum absolute atomic E-state index is 0.0164. The number of nitrogens with zero attached hydrogens (tertiary/aromatic N) is 2. The van der Waals surface area contributed by atoms with E-state index in [0.717, 1.165) is 0 Å². The first-order chi connectivity index (χ1) is 14.8. The fraction of sp³-hybridized carbons (Fsp3) is 0.217. The summed E-state index contributed by atoms with van der Waals surface area (Å²) in [6.07, 6.45) is 0. The number of aromatic nitrogens is 2. The number of aryl methyl sites for hydroxylation is 2. The van der Waals surface area contributed by atoms with Gasteiger partial charge in [-0.3, -0.25) is 4.79 Å². The molecule has 0 unspecified atom stereocenters. The van der Waals surface area contributed by atoms with Crippen LogP contribution in [0, 0.1) is 13.8 Å². The number of para-hydroxylation sites is 1. The van der Waals surface area contributed by atoms with Gasteiger partial charge in [0.2, 0.25) is 0 Å². The molecule has 8 heteroatoms. The number of hydrogen-bond acceptors (Lipinski definition) is 7. The molecule has 2 aromatic carbocycles. The summed E-state index contributed by atoms with van der Waals surface area (Å²) in [6.45, 7) is 4.89. The Bertz CT molecular complexity index is 1140. The molecule has 0 aliphatic rings. The molecule has 3 rings (SSSR count). The molecule has 0 aliphatic carbocycles. The van der Waals surface area contributed by atoms with E-state index >= 15 is 0 Å². The number of hydrogen-bond donors (Lipinski definition) is 0. The zero-order chi connectivity index (χ0) is 22.7. The van der Waals surface area contributed by atoms with E-state index in [1.54, 1.807) is 50.2 Å². The summed E-state index contributed by atoms with van der Waals surface area (Å²) < 4.78 is 16.5. The maximum absolute atomic E-state index is 12.7. The minimum atomic E-state index is -0.729. The monoisotopic (exact) mass is 422 g/mol. The molecule has 8 nitrogen and oxygen atoms in total. The fourth-order valence-electron chi connectivity index (χ4n) is 3.35. The second kappa shape index (κ2) is 8.83. The quantitative estimate of drug-likeness (QED) is 0.457. The van der Waals surface area contributed by atoms with E-state index in [9.17, 15) is 14.4 Å².